The van der Waals surface area contributed by atoms with Crippen LogP contribution < -0.4 is 0 Å². The van der Waals surface area contributed by atoms with E-state index in [1.807, 2.05) is 20.8 Å². The molecule has 1 fully saturated rings. The lowest BCUT2D eigenvalue weighted by molar-refractivity contribution is -0.154. The van der Waals surface area contributed by atoms with Gasteiger partial charge in [0, 0.05) is 6.08 Å². The second-order valence-corrected chi connectivity index (χ2v) is 7.48. The summed E-state index contributed by atoms with van der Waals surface area (Å²) in [6.45, 7) is 12.8. The van der Waals surface area contributed by atoms with Crippen LogP contribution in [0, 0.1) is 0 Å². The van der Waals surface area contributed by atoms with Gasteiger partial charge in [-0.25, -0.2) is 4.79 Å². The van der Waals surface area contributed by atoms with Crippen molar-refractivity contribution in [2.24, 2.45) is 0 Å². The van der Waals surface area contributed by atoms with Gasteiger partial charge in [0.2, 0.25) is 0 Å². The molecule has 0 aromatic rings. The highest BCUT2D eigenvalue weighted by Crippen LogP contribution is 2.22. The maximum Gasteiger partial charge on any atom is 0.330 e. The molecule has 1 aliphatic rings. The molecule has 1 unspecified atom stereocenters. The van der Waals surface area contributed by atoms with Gasteiger partial charge in [0.25, 0.3) is 0 Å². The van der Waals surface area contributed by atoms with Crippen molar-refractivity contribution in [3.63, 3.8) is 0 Å². The van der Waals surface area contributed by atoms with Gasteiger partial charge in [-0.05, 0) is 67.2 Å². The van der Waals surface area contributed by atoms with E-state index in [1.54, 1.807) is 6.08 Å². The van der Waals surface area contributed by atoms with Crippen molar-refractivity contribution in [1.82, 2.24) is 0 Å². The minimum atomic E-state index is -0.585. The van der Waals surface area contributed by atoms with E-state index in [0.29, 0.717) is 6.61 Å². The molecule has 0 aromatic carbocycles. The van der Waals surface area contributed by atoms with Crippen LogP contribution in [-0.2, 0) is 19.0 Å². The fourth-order valence-corrected chi connectivity index (χ4v) is 2.57. The van der Waals surface area contributed by atoms with Crippen LogP contribution in [0.15, 0.2) is 34.9 Å². The summed E-state index contributed by atoms with van der Waals surface area (Å²) in [6, 6.07) is 0. The normalized spacial score (nSPS) is 20.5. The Labute approximate surface area is 152 Å². The average Bonchev–Trinajstić information content (AvgIpc) is 2.84. The summed E-state index contributed by atoms with van der Waals surface area (Å²) in [6.07, 6.45) is 9.92. The highest BCUT2D eigenvalue weighted by molar-refractivity contribution is 5.82. The van der Waals surface area contributed by atoms with Gasteiger partial charge in [0.1, 0.15) is 12.7 Å². The number of rotatable bonds is 9. The molecule has 1 saturated heterocycles. The first kappa shape index (κ1) is 21.7. The fraction of sp³-hybridized carbons (Fsp3) is 0.667. The molecule has 25 heavy (non-hydrogen) atoms. The molecule has 0 bridgehead atoms. The van der Waals surface area contributed by atoms with Crippen molar-refractivity contribution in [2.75, 3.05) is 13.2 Å². The zero-order valence-corrected chi connectivity index (χ0v) is 16.7. The number of carbonyl (C=O) groups is 1. The van der Waals surface area contributed by atoms with E-state index in [2.05, 4.69) is 32.9 Å². The van der Waals surface area contributed by atoms with Crippen LogP contribution in [0.25, 0.3) is 0 Å². The average molecular weight is 350 g/mol. The molecule has 0 aliphatic carbocycles. The topological polar surface area (TPSA) is 44.8 Å². The molecule has 1 rings (SSSR count). The number of carbonyl (C=O) groups excluding carboxylic acids is 1. The summed E-state index contributed by atoms with van der Waals surface area (Å²) in [5, 5.41) is 0. The standard InChI is InChI=1S/C21H34O4/c1-16(2)9-7-10-17(3)11-8-12-18(4)13-20(22)23-14-19-15-24-21(5,6)25-19/h9,11,13,19H,7-8,10,12,14-15H2,1-6H3. The molecule has 4 nitrogen and oxygen atoms in total. The van der Waals surface area contributed by atoms with Crippen LogP contribution in [0.3, 0.4) is 0 Å². The maximum atomic E-state index is 11.9. The number of ether oxygens (including phenoxy) is 3. The van der Waals surface area contributed by atoms with Crippen LogP contribution in [0.5, 0.6) is 0 Å². The van der Waals surface area contributed by atoms with Crippen molar-refractivity contribution < 1.29 is 19.0 Å². The summed E-state index contributed by atoms with van der Waals surface area (Å²) in [5.41, 5.74) is 3.79. The van der Waals surface area contributed by atoms with Crippen LogP contribution >= 0.6 is 0 Å². The Kier molecular flexibility index (Phi) is 9.15. The molecule has 0 amide bonds. The number of allylic oxidation sites excluding steroid dienone is 5. The van der Waals surface area contributed by atoms with Gasteiger partial charge in [-0.1, -0.05) is 28.9 Å². The monoisotopic (exact) mass is 350 g/mol. The van der Waals surface area contributed by atoms with E-state index in [1.165, 1.54) is 11.1 Å². The quantitative estimate of drug-likeness (QED) is 0.330. The largest absolute Gasteiger partial charge is 0.460 e. The Morgan fingerprint density at radius 1 is 1.08 bits per heavy atom. The number of hydrogen-bond donors (Lipinski definition) is 0. The Balaban J connectivity index is 2.25. The van der Waals surface area contributed by atoms with Crippen molar-refractivity contribution in [1.29, 1.82) is 0 Å². The maximum absolute atomic E-state index is 11.9. The fourth-order valence-electron chi connectivity index (χ4n) is 2.57. The second kappa shape index (κ2) is 10.6. The summed E-state index contributed by atoms with van der Waals surface area (Å²) in [4.78, 5) is 11.9. The molecule has 142 valence electrons. The van der Waals surface area contributed by atoms with E-state index in [9.17, 15) is 4.79 Å². The first-order valence-electron chi connectivity index (χ1n) is 9.12. The zero-order chi connectivity index (χ0) is 18.9. The van der Waals surface area contributed by atoms with Gasteiger partial charge < -0.3 is 14.2 Å². The van der Waals surface area contributed by atoms with Gasteiger partial charge in [-0.15, -0.1) is 0 Å². The Hall–Kier alpha value is -1.39. The lowest BCUT2D eigenvalue weighted by atomic mass is 10.1. The highest BCUT2D eigenvalue weighted by atomic mass is 16.7. The minimum Gasteiger partial charge on any atom is -0.460 e. The molecule has 1 atom stereocenters. The number of hydrogen-bond acceptors (Lipinski definition) is 4. The summed E-state index contributed by atoms with van der Waals surface area (Å²) < 4.78 is 16.3. The lowest BCUT2D eigenvalue weighted by Gasteiger charge is -2.16. The predicted octanol–water partition coefficient (Wildman–Crippen LogP) is 5.10. The Bertz CT molecular complexity index is 522. The van der Waals surface area contributed by atoms with Crippen LogP contribution in [0.2, 0.25) is 0 Å². The molecule has 1 aliphatic heterocycles. The third-order valence-electron chi connectivity index (χ3n) is 3.97. The van der Waals surface area contributed by atoms with Gasteiger partial charge in [0.15, 0.2) is 5.79 Å². The van der Waals surface area contributed by atoms with E-state index >= 15 is 0 Å². The van der Waals surface area contributed by atoms with Crippen molar-refractivity contribution in [3.05, 3.63) is 34.9 Å². The first-order valence-corrected chi connectivity index (χ1v) is 9.12. The molecule has 0 radical (unpaired) electrons. The van der Waals surface area contributed by atoms with Gasteiger partial charge in [-0.3, -0.25) is 0 Å². The van der Waals surface area contributed by atoms with E-state index < -0.39 is 5.79 Å². The SMILES string of the molecule is CC(C)=CCCC(C)=CCCC(C)=CC(=O)OCC1COC(C)(C)O1. The van der Waals surface area contributed by atoms with Crippen LogP contribution in [-0.4, -0.2) is 31.1 Å². The summed E-state index contributed by atoms with van der Waals surface area (Å²) in [5.74, 6) is -0.895. The summed E-state index contributed by atoms with van der Waals surface area (Å²) >= 11 is 0. The van der Waals surface area contributed by atoms with Crippen molar-refractivity contribution in [3.8, 4) is 0 Å². The third-order valence-corrected chi connectivity index (χ3v) is 3.97. The predicted molar refractivity (Wildman–Crippen MR) is 101 cm³/mol. The van der Waals surface area contributed by atoms with E-state index in [0.717, 1.165) is 31.3 Å². The van der Waals surface area contributed by atoms with Crippen LogP contribution in [0.4, 0.5) is 0 Å². The van der Waals surface area contributed by atoms with Crippen LogP contribution in [0.1, 0.15) is 67.2 Å². The van der Waals surface area contributed by atoms with E-state index in [4.69, 9.17) is 14.2 Å². The van der Waals surface area contributed by atoms with Gasteiger partial charge in [-0.2, -0.15) is 0 Å². The molecular weight excluding hydrogens is 316 g/mol. The molecular formula is C21H34O4. The van der Waals surface area contributed by atoms with Crippen molar-refractivity contribution >= 4 is 5.97 Å². The lowest BCUT2D eigenvalue weighted by Crippen LogP contribution is -2.24. The van der Waals surface area contributed by atoms with Gasteiger partial charge >= 0.3 is 5.97 Å². The molecule has 0 aromatic heterocycles. The van der Waals surface area contributed by atoms with Gasteiger partial charge in [0.05, 0.1) is 6.61 Å². The van der Waals surface area contributed by atoms with E-state index in [-0.39, 0.29) is 18.7 Å². The minimum absolute atomic E-state index is 0.181. The molecule has 0 N–H and O–H groups in total. The molecule has 0 saturated carbocycles. The smallest absolute Gasteiger partial charge is 0.330 e. The Morgan fingerprint density at radius 3 is 2.32 bits per heavy atom. The molecule has 4 heteroatoms. The Morgan fingerprint density at radius 2 is 1.72 bits per heavy atom. The first-order chi connectivity index (χ1) is 11.7. The second-order valence-electron chi connectivity index (χ2n) is 7.48. The highest BCUT2D eigenvalue weighted by Gasteiger charge is 2.33. The van der Waals surface area contributed by atoms with Crippen molar-refractivity contribution in [2.45, 2.75) is 79.1 Å². The summed E-state index contributed by atoms with van der Waals surface area (Å²) in [7, 11) is 0. The zero-order valence-electron chi connectivity index (χ0n) is 16.7. The molecule has 1 heterocycles. The number of esters is 1. The molecule has 0 spiro atoms. The third kappa shape index (κ3) is 10.3.